The average molecular weight is 343 g/mol. The van der Waals surface area contributed by atoms with Gasteiger partial charge in [-0.2, -0.15) is 0 Å². The number of aromatic hydroxyl groups is 2. The monoisotopic (exact) mass is 343 g/mol. The number of para-hydroxylation sites is 1. The van der Waals surface area contributed by atoms with Gasteiger partial charge in [-0.1, -0.05) is 48.2 Å². The van der Waals surface area contributed by atoms with Crippen molar-refractivity contribution in [2.45, 2.75) is 6.92 Å². The summed E-state index contributed by atoms with van der Waals surface area (Å²) in [4.78, 5) is 14.7. The lowest BCUT2D eigenvalue weighted by Gasteiger charge is -2.16. The molecule has 1 aliphatic heterocycles. The van der Waals surface area contributed by atoms with Crippen LogP contribution in [0.1, 0.15) is 11.1 Å². The molecule has 6 heteroatoms. The van der Waals surface area contributed by atoms with E-state index in [4.69, 9.17) is 12.2 Å². The molecule has 0 radical (unpaired) electrons. The zero-order valence-electron chi connectivity index (χ0n) is 12.2. The number of carbonyl (C=O) groups excluding carboxylic acids is 1. The maximum absolute atomic E-state index is 12.7. The Morgan fingerprint density at radius 3 is 2.57 bits per heavy atom. The van der Waals surface area contributed by atoms with Crippen LogP contribution in [0.25, 0.3) is 6.08 Å². The predicted molar refractivity (Wildman–Crippen MR) is 96.6 cm³/mol. The Labute approximate surface area is 143 Å². The van der Waals surface area contributed by atoms with Gasteiger partial charge in [0, 0.05) is 0 Å². The topological polar surface area (TPSA) is 60.8 Å². The highest BCUT2D eigenvalue weighted by atomic mass is 32.2. The number of thiocarbonyl (C=S) groups is 1. The van der Waals surface area contributed by atoms with Gasteiger partial charge >= 0.3 is 0 Å². The van der Waals surface area contributed by atoms with E-state index in [0.717, 1.165) is 11.3 Å². The van der Waals surface area contributed by atoms with Gasteiger partial charge < -0.3 is 10.2 Å². The van der Waals surface area contributed by atoms with Crippen molar-refractivity contribution in [1.82, 2.24) is 0 Å². The molecule has 23 heavy (non-hydrogen) atoms. The maximum Gasteiger partial charge on any atom is 0.270 e. The quantitative estimate of drug-likeness (QED) is 0.493. The van der Waals surface area contributed by atoms with Gasteiger partial charge in [-0.15, -0.1) is 0 Å². The van der Waals surface area contributed by atoms with Gasteiger partial charge in [0.1, 0.15) is 0 Å². The van der Waals surface area contributed by atoms with Crippen LogP contribution in [-0.4, -0.2) is 20.4 Å². The normalized spacial score (nSPS) is 16.4. The zero-order chi connectivity index (χ0) is 16.6. The van der Waals surface area contributed by atoms with Crippen LogP contribution in [0.3, 0.4) is 0 Å². The number of hydrogen-bond donors (Lipinski definition) is 2. The van der Waals surface area contributed by atoms with Crippen molar-refractivity contribution < 1.29 is 15.0 Å². The molecule has 4 nitrogen and oxygen atoms in total. The van der Waals surface area contributed by atoms with Gasteiger partial charge in [0.05, 0.1) is 10.6 Å². The van der Waals surface area contributed by atoms with Gasteiger partial charge in [0.15, 0.2) is 15.8 Å². The molecule has 1 aliphatic rings. The van der Waals surface area contributed by atoms with Crippen LogP contribution in [0.15, 0.2) is 47.4 Å². The highest BCUT2D eigenvalue weighted by molar-refractivity contribution is 8.27. The molecule has 116 valence electrons. The van der Waals surface area contributed by atoms with Crippen molar-refractivity contribution >= 4 is 46.0 Å². The molecular weight excluding hydrogens is 330 g/mol. The fraction of sp³-hybridized carbons (Fsp3) is 0.0588. The van der Waals surface area contributed by atoms with E-state index in [2.05, 4.69) is 0 Å². The van der Waals surface area contributed by atoms with E-state index < -0.39 is 0 Å². The first-order valence-electron chi connectivity index (χ1n) is 6.83. The van der Waals surface area contributed by atoms with Gasteiger partial charge in [0.2, 0.25) is 0 Å². The number of anilines is 1. The van der Waals surface area contributed by atoms with E-state index in [1.165, 1.54) is 28.8 Å². The van der Waals surface area contributed by atoms with Crippen LogP contribution in [0.4, 0.5) is 5.69 Å². The fourth-order valence-electron chi connectivity index (χ4n) is 2.27. The van der Waals surface area contributed by atoms with Crippen LogP contribution in [0.5, 0.6) is 11.5 Å². The molecule has 0 unspecified atom stereocenters. The number of rotatable bonds is 2. The number of hydrogen-bond acceptors (Lipinski definition) is 5. The summed E-state index contributed by atoms with van der Waals surface area (Å²) in [5, 5.41) is 18.9. The third-order valence-corrected chi connectivity index (χ3v) is 4.75. The molecule has 2 aromatic carbocycles. The van der Waals surface area contributed by atoms with Crippen LogP contribution in [-0.2, 0) is 4.79 Å². The molecule has 1 amide bonds. The smallest absolute Gasteiger partial charge is 0.270 e. The van der Waals surface area contributed by atoms with Crippen molar-refractivity contribution in [3.05, 3.63) is 58.5 Å². The third-order valence-electron chi connectivity index (χ3n) is 3.45. The Morgan fingerprint density at radius 1 is 1.13 bits per heavy atom. The van der Waals surface area contributed by atoms with Gasteiger partial charge in [-0.05, 0) is 42.3 Å². The minimum atomic E-state index is -0.229. The molecule has 0 atom stereocenters. The molecule has 0 aromatic heterocycles. The molecule has 0 saturated carbocycles. The molecule has 0 bridgehead atoms. The number of thioether (sulfide) groups is 1. The first-order chi connectivity index (χ1) is 11.0. The lowest BCUT2D eigenvalue weighted by atomic mass is 10.1. The van der Waals surface area contributed by atoms with E-state index >= 15 is 0 Å². The lowest BCUT2D eigenvalue weighted by molar-refractivity contribution is -0.113. The van der Waals surface area contributed by atoms with Crippen molar-refractivity contribution in [1.29, 1.82) is 0 Å². The molecule has 1 heterocycles. The maximum atomic E-state index is 12.7. The lowest BCUT2D eigenvalue weighted by Crippen LogP contribution is -2.28. The number of carbonyl (C=O) groups is 1. The minimum Gasteiger partial charge on any atom is -0.504 e. The summed E-state index contributed by atoms with van der Waals surface area (Å²) in [5.41, 5.74) is 2.35. The van der Waals surface area contributed by atoms with Gasteiger partial charge in [-0.3, -0.25) is 9.69 Å². The number of phenols is 2. The number of benzene rings is 2. The van der Waals surface area contributed by atoms with Crippen LogP contribution in [0, 0.1) is 6.92 Å². The van der Waals surface area contributed by atoms with Crippen molar-refractivity contribution in [2.24, 2.45) is 0 Å². The summed E-state index contributed by atoms with van der Waals surface area (Å²) in [5.74, 6) is -0.621. The van der Waals surface area contributed by atoms with E-state index in [0.29, 0.717) is 14.8 Å². The molecule has 0 spiro atoms. The second kappa shape index (κ2) is 6.06. The third kappa shape index (κ3) is 2.95. The van der Waals surface area contributed by atoms with Gasteiger partial charge in [-0.25, -0.2) is 0 Å². The van der Waals surface area contributed by atoms with Crippen LogP contribution in [0.2, 0.25) is 0 Å². The minimum absolute atomic E-state index is 0.193. The summed E-state index contributed by atoms with van der Waals surface area (Å²) >= 11 is 6.55. The summed E-state index contributed by atoms with van der Waals surface area (Å²) < 4.78 is 0.471. The van der Waals surface area contributed by atoms with E-state index in [1.54, 1.807) is 12.1 Å². The van der Waals surface area contributed by atoms with Crippen molar-refractivity contribution in [3.63, 3.8) is 0 Å². The highest BCUT2D eigenvalue weighted by Crippen LogP contribution is 2.37. The molecule has 0 aliphatic carbocycles. The molecular formula is C17H13NO3S2. The number of amides is 1. The van der Waals surface area contributed by atoms with Crippen molar-refractivity contribution in [2.75, 3.05) is 4.90 Å². The van der Waals surface area contributed by atoms with Gasteiger partial charge in [0.25, 0.3) is 5.91 Å². The Kier molecular flexibility index (Phi) is 4.11. The fourth-order valence-corrected chi connectivity index (χ4v) is 3.56. The molecule has 1 fully saturated rings. The Balaban J connectivity index is 1.96. The second-order valence-corrected chi connectivity index (χ2v) is 6.73. The number of nitrogens with zero attached hydrogens (tertiary/aromatic N) is 1. The second-order valence-electron chi connectivity index (χ2n) is 5.05. The van der Waals surface area contributed by atoms with E-state index in [9.17, 15) is 15.0 Å². The van der Waals surface area contributed by atoms with Crippen molar-refractivity contribution in [3.8, 4) is 11.5 Å². The number of phenolic OH excluding ortho intramolecular Hbond substituents is 2. The predicted octanol–water partition coefficient (Wildman–Crippen LogP) is 3.81. The molecule has 1 saturated heterocycles. The standard InChI is InChI=1S/C17H13NO3S2/c1-10-4-2-3-5-12(10)18-16(21)15(23-17(18)22)9-11-6-7-13(19)14(20)8-11/h2-9,19-20H,1H3/b15-9-. The largest absolute Gasteiger partial charge is 0.504 e. The number of aryl methyl sites for hydroxylation is 1. The average Bonchev–Trinajstić information content (AvgIpc) is 2.78. The highest BCUT2D eigenvalue weighted by Gasteiger charge is 2.33. The zero-order valence-corrected chi connectivity index (χ0v) is 13.8. The summed E-state index contributed by atoms with van der Waals surface area (Å²) in [7, 11) is 0. The molecule has 2 aromatic rings. The molecule has 2 N–H and O–H groups in total. The first kappa shape index (κ1) is 15.6. The Morgan fingerprint density at radius 2 is 1.87 bits per heavy atom. The first-order valence-corrected chi connectivity index (χ1v) is 8.05. The van der Waals surface area contributed by atoms with E-state index in [-0.39, 0.29) is 17.4 Å². The van der Waals surface area contributed by atoms with Crippen LogP contribution >= 0.6 is 24.0 Å². The molecule has 3 rings (SSSR count). The Hall–Kier alpha value is -2.31. The summed E-state index contributed by atoms with van der Waals surface area (Å²) in [6.45, 7) is 1.93. The van der Waals surface area contributed by atoms with E-state index in [1.807, 2.05) is 31.2 Å². The summed E-state index contributed by atoms with van der Waals surface area (Å²) in [6.07, 6.45) is 1.65. The Bertz CT molecular complexity index is 845. The summed E-state index contributed by atoms with van der Waals surface area (Å²) in [6, 6.07) is 12.0. The van der Waals surface area contributed by atoms with Crippen LogP contribution < -0.4 is 4.90 Å². The SMILES string of the molecule is Cc1ccccc1N1C(=O)/C(=C/c2ccc(O)c(O)c2)SC1=S.